The summed E-state index contributed by atoms with van der Waals surface area (Å²) in [7, 11) is 0. The maximum atomic E-state index is 12.4. The molecule has 4 rings (SSSR count). The number of para-hydroxylation sites is 1. The standard InChI is InChI=1S/C21H31N3O3/c25-21(24-10-13-26-14-11-24)17-23-8-6-22(7-9-23)16-18-5-12-27-20-4-2-1-3-19(20)15-18/h1-4,18H,5-17H2. The first-order valence-corrected chi connectivity index (χ1v) is 10.3. The Morgan fingerprint density at radius 3 is 2.52 bits per heavy atom. The molecule has 0 aliphatic carbocycles. The van der Waals surface area contributed by atoms with Crippen molar-refractivity contribution in [2.75, 3.05) is 72.2 Å². The number of nitrogens with zero attached hydrogens (tertiary/aromatic N) is 3. The minimum atomic E-state index is 0.254. The van der Waals surface area contributed by atoms with Crippen LogP contribution < -0.4 is 4.74 Å². The Kier molecular flexibility index (Phi) is 6.27. The number of carbonyl (C=O) groups is 1. The van der Waals surface area contributed by atoms with Crippen molar-refractivity contribution in [1.29, 1.82) is 0 Å². The second-order valence-electron chi connectivity index (χ2n) is 7.88. The van der Waals surface area contributed by atoms with Crippen molar-refractivity contribution in [3.05, 3.63) is 29.8 Å². The van der Waals surface area contributed by atoms with Gasteiger partial charge in [0.2, 0.25) is 5.91 Å². The number of fused-ring (bicyclic) bond motifs is 1. The van der Waals surface area contributed by atoms with E-state index < -0.39 is 0 Å². The number of piperazine rings is 1. The molecular formula is C21H31N3O3. The molecule has 3 aliphatic rings. The molecule has 27 heavy (non-hydrogen) atoms. The van der Waals surface area contributed by atoms with Crippen LogP contribution in [0.5, 0.6) is 5.75 Å². The van der Waals surface area contributed by atoms with Crippen LogP contribution in [0, 0.1) is 5.92 Å². The van der Waals surface area contributed by atoms with Crippen LogP contribution in [0.4, 0.5) is 0 Å². The van der Waals surface area contributed by atoms with Gasteiger partial charge in [-0.3, -0.25) is 9.69 Å². The minimum Gasteiger partial charge on any atom is -0.493 e. The lowest BCUT2D eigenvalue weighted by molar-refractivity contribution is -0.136. The Morgan fingerprint density at radius 2 is 1.70 bits per heavy atom. The van der Waals surface area contributed by atoms with Gasteiger partial charge in [0.25, 0.3) is 0 Å². The van der Waals surface area contributed by atoms with Crippen molar-refractivity contribution < 1.29 is 14.3 Å². The summed E-state index contributed by atoms with van der Waals surface area (Å²) in [5.41, 5.74) is 1.34. The van der Waals surface area contributed by atoms with Gasteiger partial charge in [0.1, 0.15) is 5.75 Å². The molecule has 1 atom stereocenters. The topological polar surface area (TPSA) is 45.2 Å². The van der Waals surface area contributed by atoms with Gasteiger partial charge in [-0.25, -0.2) is 0 Å². The predicted molar refractivity (Wildman–Crippen MR) is 104 cm³/mol. The molecule has 0 bridgehead atoms. The van der Waals surface area contributed by atoms with Crippen LogP contribution in [-0.4, -0.2) is 92.8 Å². The Hall–Kier alpha value is -1.63. The molecule has 1 aromatic rings. The van der Waals surface area contributed by atoms with Crippen LogP contribution in [0.2, 0.25) is 0 Å². The van der Waals surface area contributed by atoms with Crippen molar-refractivity contribution in [2.24, 2.45) is 5.92 Å². The van der Waals surface area contributed by atoms with Gasteiger partial charge in [-0.05, 0) is 30.4 Å². The highest BCUT2D eigenvalue weighted by Gasteiger charge is 2.25. The van der Waals surface area contributed by atoms with Crippen LogP contribution in [0.1, 0.15) is 12.0 Å². The molecule has 3 aliphatic heterocycles. The van der Waals surface area contributed by atoms with Crippen LogP contribution in [0.3, 0.4) is 0 Å². The smallest absolute Gasteiger partial charge is 0.236 e. The third-order valence-corrected chi connectivity index (χ3v) is 5.97. The second kappa shape index (κ2) is 9.04. The van der Waals surface area contributed by atoms with E-state index in [1.807, 2.05) is 4.90 Å². The maximum absolute atomic E-state index is 12.4. The molecule has 1 unspecified atom stereocenters. The predicted octanol–water partition coefficient (Wildman–Crippen LogP) is 1.10. The third-order valence-electron chi connectivity index (χ3n) is 5.97. The summed E-state index contributed by atoms with van der Waals surface area (Å²) >= 11 is 0. The second-order valence-corrected chi connectivity index (χ2v) is 7.88. The third kappa shape index (κ3) is 5.00. The molecule has 1 amide bonds. The Balaban J connectivity index is 1.22. The van der Waals surface area contributed by atoms with Gasteiger partial charge in [-0.2, -0.15) is 0 Å². The summed E-state index contributed by atoms with van der Waals surface area (Å²) in [6.45, 7) is 9.39. The van der Waals surface area contributed by atoms with Gasteiger partial charge in [0.15, 0.2) is 0 Å². The van der Waals surface area contributed by atoms with Crippen LogP contribution in [0.25, 0.3) is 0 Å². The molecule has 2 saturated heterocycles. The van der Waals surface area contributed by atoms with Crippen molar-refractivity contribution in [2.45, 2.75) is 12.8 Å². The van der Waals surface area contributed by atoms with Crippen molar-refractivity contribution in [3.8, 4) is 5.75 Å². The Labute approximate surface area is 162 Å². The first-order chi connectivity index (χ1) is 13.3. The molecule has 0 radical (unpaired) electrons. The Morgan fingerprint density at radius 1 is 0.963 bits per heavy atom. The van der Waals surface area contributed by atoms with Gasteiger partial charge in [-0.1, -0.05) is 18.2 Å². The fraction of sp³-hybridized carbons (Fsp3) is 0.667. The summed E-state index contributed by atoms with van der Waals surface area (Å²) in [6, 6.07) is 8.44. The van der Waals surface area contributed by atoms with E-state index >= 15 is 0 Å². The van der Waals surface area contributed by atoms with E-state index in [0.29, 0.717) is 25.7 Å². The number of carbonyl (C=O) groups excluding carboxylic acids is 1. The van der Waals surface area contributed by atoms with Crippen molar-refractivity contribution >= 4 is 5.91 Å². The molecule has 0 N–H and O–H groups in total. The molecule has 6 heteroatoms. The van der Waals surface area contributed by atoms with Crippen LogP contribution in [0.15, 0.2) is 24.3 Å². The summed E-state index contributed by atoms with van der Waals surface area (Å²) in [4.78, 5) is 19.2. The molecule has 148 valence electrons. The number of hydrogen-bond donors (Lipinski definition) is 0. The highest BCUT2D eigenvalue weighted by Crippen LogP contribution is 2.27. The molecule has 0 spiro atoms. The molecule has 6 nitrogen and oxygen atoms in total. The number of amides is 1. The zero-order chi connectivity index (χ0) is 18.5. The maximum Gasteiger partial charge on any atom is 0.236 e. The minimum absolute atomic E-state index is 0.254. The van der Waals surface area contributed by atoms with E-state index in [1.165, 1.54) is 5.56 Å². The fourth-order valence-corrected chi connectivity index (χ4v) is 4.32. The van der Waals surface area contributed by atoms with Crippen molar-refractivity contribution in [1.82, 2.24) is 14.7 Å². The number of ether oxygens (including phenoxy) is 2. The highest BCUT2D eigenvalue weighted by molar-refractivity contribution is 5.78. The van der Waals surface area contributed by atoms with E-state index in [-0.39, 0.29) is 5.91 Å². The number of rotatable bonds is 4. The van der Waals surface area contributed by atoms with Gasteiger partial charge in [0, 0.05) is 45.8 Å². The SMILES string of the molecule is O=C(CN1CCN(CC2CCOc3ccccc3C2)CC1)N1CCOCC1. The van der Waals surface area contributed by atoms with Crippen molar-refractivity contribution in [3.63, 3.8) is 0 Å². The fourth-order valence-electron chi connectivity index (χ4n) is 4.32. The molecule has 1 aromatic carbocycles. The lowest BCUT2D eigenvalue weighted by Gasteiger charge is -2.37. The van der Waals surface area contributed by atoms with Gasteiger partial charge < -0.3 is 19.3 Å². The molecule has 0 aromatic heterocycles. The molecule has 0 saturated carbocycles. The highest BCUT2D eigenvalue weighted by atomic mass is 16.5. The lowest BCUT2D eigenvalue weighted by Crippen LogP contribution is -2.52. The van der Waals surface area contributed by atoms with E-state index in [0.717, 1.165) is 71.0 Å². The molecular weight excluding hydrogens is 342 g/mol. The van der Waals surface area contributed by atoms with Gasteiger partial charge in [-0.15, -0.1) is 0 Å². The number of hydrogen-bond acceptors (Lipinski definition) is 5. The number of morpholine rings is 1. The summed E-state index contributed by atoms with van der Waals surface area (Å²) in [5.74, 6) is 1.96. The normalized spacial score (nSPS) is 24.7. The van der Waals surface area contributed by atoms with Crippen LogP contribution in [-0.2, 0) is 16.0 Å². The van der Waals surface area contributed by atoms with E-state index in [2.05, 4.69) is 34.1 Å². The largest absolute Gasteiger partial charge is 0.493 e. The summed E-state index contributed by atoms with van der Waals surface area (Å²) in [5, 5.41) is 0. The Bertz CT molecular complexity index is 625. The van der Waals surface area contributed by atoms with Crippen LogP contribution >= 0.6 is 0 Å². The first-order valence-electron chi connectivity index (χ1n) is 10.3. The first kappa shape index (κ1) is 18.7. The summed E-state index contributed by atoms with van der Waals surface area (Å²) < 4.78 is 11.2. The van der Waals surface area contributed by atoms with Gasteiger partial charge in [0.05, 0.1) is 26.4 Å². The molecule has 2 fully saturated rings. The quantitative estimate of drug-likeness (QED) is 0.791. The number of benzene rings is 1. The zero-order valence-corrected chi connectivity index (χ0v) is 16.1. The average molecular weight is 373 g/mol. The molecule has 3 heterocycles. The zero-order valence-electron chi connectivity index (χ0n) is 16.1. The monoisotopic (exact) mass is 373 g/mol. The van der Waals surface area contributed by atoms with E-state index in [4.69, 9.17) is 9.47 Å². The summed E-state index contributed by atoms with van der Waals surface area (Å²) in [6.07, 6.45) is 2.22. The van der Waals surface area contributed by atoms with E-state index in [1.54, 1.807) is 0 Å². The average Bonchev–Trinajstić information content (AvgIpc) is 2.92. The lowest BCUT2D eigenvalue weighted by atomic mass is 9.96. The van der Waals surface area contributed by atoms with Gasteiger partial charge >= 0.3 is 0 Å². The van der Waals surface area contributed by atoms with E-state index in [9.17, 15) is 4.79 Å².